The molecule has 1 saturated heterocycles. The van der Waals surface area contributed by atoms with Gasteiger partial charge in [0.15, 0.2) is 11.4 Å². The van der Waals surface area contributed by atoms with Gasteiger partial charge in [0.05, 0.1) is 6.10 Å². The average Bonchev–Trinajstić information content (AvgIpc) is 3.34. The van der Waals surface area contributed by atoms with Crippen LogP contribution in [0.1, 0.15) is 59.8 Å². The number of hydrogen-bond acceptors (Lipinski definition) is 6. The fraction of sp³-hybridized carbons (Fsp3) is 0.783. The van der Waals surface area contributed by atoms with Gasteiger partial charge in [-0.05, 0) is 37.2 Å². The van der Waals surface area contributed by atoms with Crippen molar-refractivity contribution >= 4 is 17.5 Å². The Bertz CT molecular complexity index is 784. The number of ether oxygens (including phenoxy) is 3. The molecule has 0 N–H and O–H groups in total. The largest absolute Gasteiger partial charge is 0.462 e. The van der Waals surface area contributed by atoms with Crippen molar-refractivity contribution < 1.29 is 28.6 Å². The molecule has 6 heteroatoms. The molecule has 2 unspecified atom stereocenters. The van der Waals surface area contributed by atoms with Gasteiger partial charge in [-0.3, -0.25) is 14.4 Å². The van der Waals surface area contributed by atoms with Crippen LogP contribution in [-0.2, 0) is 28.6 Å². The maximum Gasteiger partial charge on any atom is 0.302 e. The van der Waals surface area contributed by atoms with Crippen molar-refractivity contribution in [1.82, 2.24) is 0 Å². The van der Waals surface area contributed by atoms with Crippen molar-refractivity contribution in [3.8, 4) is 0 Å². The van der Waals surface area contributed by atoms with E-state index in [9.17, 15) is 14.4 Å². The Morgan fingerprint density at radius 1 is 1.17 bits per heavy atom. The zero-order valence-electron chi connectivity index (χ0n) is 18.1. The van der Waals surface area contributed by atoms with Crippen LogP contribution in [0.2, 0.25) is 0 Å². The lowest BCUT2D eigenvalue weighted by Crippen LogP contribution is -2.56. The molecule has 7 atom stereocenters. The van der Waals surface area contributed by atoms with Crippen LogP contribution in [0, 0.1) is 22.7 Å². The molecular formula is C23H32O6. The van der Waals surface area contributed by atoms with Crippen molar-refractivity contribution in [2.75, 3.05) is 7.11 Å². The Balaban J connectivity index is 1.77. The van der Waals surface area contributed by atoms with Crippen molar-refractivity contribution in [3.05, 3.63) is 12.2 Å². The summed E-state index contributed by atoms with van der Waals surface area (Å²) < 4.78 is 17.5. The Kier molecular flexibility index (Phi) is 4.63. The highest BCUT2D eigenvalue weighted by Crippen LogP contribution is 2.62. The molecule has 1 aliphatic heterocycles. The first-order valence-electron chi connectivity index (χ1n) is 10.6. The molecule has 0 aromatic carbocycles. The predicted molar refractivity (Wildman–Crippen MR) is 105 cm³/mol. The molecule has 2 bridgehead atoms. The third kappa shape index (κ3) is 2.71. The number of Topliss-reactive ketones (excluding diaryl/α,β-unsaturated/α-hetero) is 2. The zero-order chi connectivity index (χ0) is 21.4. The number of carbonyl (C=O) groups is 3. The fourth-order valence-electron chi connectivity index (χ4n) is 6.64. The van der Waals surface area contributed by atoms with Gasteiger partial charge in [-0.2, -0.15) is 0 Å². The van der Waals surface area contributed by atoms with Crippen molar-refractivity contribution in [3.63, 3.8) is 0 Å². The quantitative estimate of drug-likeness (QED) is 0.400. The number of methoxy groups -OCH3 is 1. The minimum Gasteiger partial charge on any atom is -0.462 e. The SMILES string of the molecule is C=C1C(=O)C23OC2[C@H]1CCC(=O)[C@]1(C)CC[C@H](OC(C)=O)C(C)(C)[C@H]1C[C@H]3OC. The summed E-state index contributed by atoms with van der Waals surface area (Å²) in [4.78, 5) is 38.3. The van der Waals surface area contributed by atoms with Gasteiger partial charge in [-0.1, -0.05) is 27.4 Å². The smallest absolute Gasteiger partial charge is 0.302 e. The summed E-state index contributed by atoms with van der Waals surface area (Å²) in [6.07, 6.45) is 1.85. The summed E-state index contributed by atoms with van der Waals surface area (Å²) in [6, 6.07) is 0. The van der Waals surface area contributed by atoms with Crippen LogP contribution in [-0.4, -0.2) is 48.6 Å². The Morgan fingerprint density at radius 3 is 2.48 bits per heavy atom. The molecule has 0 radical (unpaired) electrons. The molecule has 4 fully saturated rings. The number of fused-ring (bicyclic) bond motifs is 1. The number of ketones is 2. The Labute approximate surface area is 172 Å². The first-order chi connectivity index (χ1) is 13.5. The van der Waals surface area contributed by atoms with Crippen LogP contribution >= 0.6 is 0 Å². The number of carbonyl (C=O) groups excluding carboxylic acids is 3. The molecule has 160 valence electrons. The second-order valence-electron chi connectivity index (χ2n) is 10.1. The lowest BCUT2D eigenvalue weighted by molar-refractivity contribution is -0.175. The van der Waals surface area contributed by atoms with Crippen LogP contribution in [0.3, 0.4) is 0 Å². The van der Waals surface area contributed by atoms with Gasteiger partial charge in [0.1, 0.15) is 18.0 Å². The molecule has 1 heterocycles. The van der Waals surface area contributed by atoms with E-state index in [-0.39, 0.29) is 41.6 Å². The van der Waals surface area contributed by atoms with E-state index in [4.69, 9.17) is 14.2 Å². The van der Waals surface area contributed by atoms with Crippen LogP contribution in [0.4, 0.5) is 0 Å². The topological polar surface area (TPSA) is 82.2 Å². The van der Waals surface area contributed by atoms with Crippen LogP contribution in [0.15, 0.2) is 12.2 Å². The number of hydrogen-bond donors (Lipinski definition) is 0. The van der Waals surface area contributed by atoms with E-state index in [1.165, 1.54) is 6.92 Å². The predicted octanol–water partition coefficient (Wildman–Crippen LogP) is 3.02. The Morgan fingerprint density at radius 2 is 1.86 bits per heavy atom. The van der Waals surface area contributed by atoms with Crippen LogP contribution in [0.25, 0.3) is 0 Å². The van der Waals surface area contributed by atoms with E-state index in [1.807, 2.05) is 6.92 Å². The monoisotopic (exact) mass is 404 g/mol. The lowest BCUT2D eigenvalue weighted by atomic mass is 9.51. The van der Waals surface area contributed by atoms with E-state index < -0.39 is 22.5 Å². The first kappa shape index (κ1) is 20.7. The average molecular weight is 405 g/mol. The van der Waals surface area contributed by atoms with Gasteiger partial charge in [-0.25, -0.2) is 0 Å². The Hall–Kier alpha value is -1.53. The minimum atomic E-state index is -0.956. The van der Waals surface area contributed by atoms with Crippen LogP contribution < -0.4 is 0 Å². The minimum absolute atomic E-state index is 0.0689. The fourth-order valence-corrected chi connectivity index (χ4v) is 6.64. The maximum absolute atomic E-state index is 13.5. The molecule has 3 aliphatic carbocycles. The molecule has 0 aromatic rings. The first-order valence-corrected chi connectivity index (χ1v) is 10.6. The highest BCUT2D eigenvalue weighted by Gasteiger charge is 2.76. The second-order valence-corrected chi connectivity index (χ2v) is 10.1. The third-order valence-corrected chi connectivity index (χ3v) is 8.41. The standard InChI is InChI=1S/C23H32O6/c1-12-14-7-8-16(25)22(5)10-9-17(28-13(2)24)21(3,4)15(22)11-18(27-6)23(19(12)26)20(14)29-23/h14-15,17-18,20H,1,7-11H2,2-6H3/t14-,15+,17-,18+,20?,22+,23?/m0/s1. The summed E-state index contributed by atoms with van der Waals surface area (Å²) in [6.45, 7) is 11.6. The van der Waals surface area contributed by atoms with Gasteiger partial charge in [0.2, 0.25) is 0 Å². The maximum atomic E-state index is 13.5. The summed E-state index contributed by atoms with van der Waals surface area (Å²) in [5.41, 5.74) is -1.38. The summed E-state index contributed by atoms with van der Waals surface area (Å²) in [5, 5.41) is 0. The van der Waals surface area contributed by atoms with Gasteiger partial charge >= 0.3 is 5.97 Å². The number of epoxide rings is 1. The highest BCUT2D eigenvalue weighted by molar-refractivity contribution is 6.08. The molecule has 0 aromatic heterocycles. The van der Waals surface area contributed by atoms with Gasteiger partial charge in [0.25, 0.3) is 0 Å². The second kappa shape index (κ2) is 6.48. The molecule has 4 aliphatic rings. The zero-order valence-corrected chi connectivity index (χ0v) is 18.1. The van der Waals surface area contributed by atoms with E-state index in [2.05, 4.69) is 20.4 Å². The van der Waals surface area contributed by atoms with Crippen molar-refractivity contribution in [2.24, 2.45) is 22.7 Å². The molecule has 29 heavy (non-hydrogen) atoms. The summed E-state index contributed by atoms with van der Waals surface area (Å²) in [5.74, 6) is -0.374. The third-order valence-electron chi connectivity index (χ3n) is 8.41. The molecule has 6 nitrogen and oxygen atoms in total. The van der Waals surface area contributed by atoms with Crippen LogP contribution in [0.5, 0.6) is 0 Å². The van der Waals surface area contributed by atoms with E-state index in [0.29, 0.717) is 37.7 Å². The highest BCUT2D eigenvalue weighted by atomic mass is 16.6. The van der Waals surface area contributed by atoms with E-state index >= 15 is 0 Å². The van der Waals surface area contributed by atoms with E-state index in [0.717, 1.165) is 0 Å². The van der Waals surface area contributed by atoms with E-state index in [1.54, 1.807) is 7.11 Å². The van der Waals surface area contributed by atoms with Crippen molar-refractivity contribution in [2.45, 2.75) is 83.7 Å². The van der Waals surface area contributed by atoms with Gasteiger partial charge < -0.3 is 14.2 Å². The summed E-state index contributed by atoms with van der Waals surface area (Å²) >= 11 is 0. The lowest BCUT2D eigenvalue weighted by Gasteiger charge is -2.54. The number of esters is 1. The molecule has 3 saturated carbocycles. The molecule has 0 amide bonds. The molecule has 4 rings (SSSR count). The molecular weight excluding hydrogens is 372 g/mol. The normalized spacial score (nSPS) is 46.0. The number of rotatable bonds is 2. The van der Waals surface area contributed by atoms with Gasteiger partial charge in [-0.15, -0.1) is 0 Å². The molecule has 0 spiro atoms. The van der Waals surface area contributed by atoms with Gasteiger partial charge in [0, 0.05) is 37.2 Å². The summed E-state index contributed by atoms with van der Waals surface area (Å²) in [7, 11) is 1.60. The van der Waals surface area contributed by atoms with Crippen molar-refractivity contribution in [1.29, 1.82) is 0 Å².